The summed E-state index contributed by atoms with van der Waals surface area (Å²) >= 11 is 0. The molecule has 3 aromatic rings. The largest absolute Gasteiger partial charge is 0.489 e. The number of benzene rings is 3. The molecule has 1 heterocycles. The Morgan fingerprint density at radius 3 is 2.20 bits per heavy atom. The van der Waals surface area contributed by atoms with Crippen molar-refractivity contribution < 1.29 is 14.3 Å². The van der Waals surface area contributed by atoms with Crippen LogP contribution in [0.25, 0.3) is 0 Å². The van der Waals surface area contributed by atoms with Crippen LogP contribution in [-0.2, 0) is 22.7 Å². The maximum Gasteiger partial charge on any atom is 0.238 e. The smallest absolute Gasteiger partial charge is 0.238 e. The Hall–Kier alpha value is -3.15. The van der Waals surface area contributed by atoms with Crippen LogP contribution in [0.2, 0.25) is 0 Å². The van der Waals surface area contributed by atoms with Gasteiger partial charge >= 0.3 is 0 Å². The van der Waals surface area contributed by atoms with E-state index in [-0.39, 0.29) is 12.0 Å². The molecule has 154 valence electrons. The highest BCUT2D eigenvalue weighted by atomic mass is 16.6. The standard InChI is InChI=1S/C25H26N2O3/c28-25(17-27(16-24-19-30-24)15-20-7-3-1-4-8-20)26-22-11-13-23(14-12-22)29-18-21-9-5-2-6-10-21/h1-14,24H,15-19H2,(H,26,28)/t24-/m0/s1. The fourth-order valence-electron chi connectivity index (χ4n) is 3.27. The van der Waals surface area contributed by atoms with Crippen LogP contribution in [0.5, 0.6) is 5.75 Å². The number of epoxide rings is 1. The molecule has 0 spiro atoms. The molecular formula is C25H26N2O3. The van der Waals surface area contributed by atoms with Crippen molar-refractivity contribution in [1.29, 1.82) is 0 Å². The molecule has 0 bridgehead atoms. The van der Waals surface area contributed by atoms with E-state index < -0.39 is 0 Å². The van der Waals surface area contributed by atoms with Crippen molar-refractivity contribution in [1.82, 2.24) is 4.90 Å². The van der Waals surface area contributed by atoms with Crippen LogP contribution < -0.4 is 10.1 Å². The molecule has 0 radical (unpaired) electrons. The topological polar surface area (TPSA) is 54.1 Å². The Morgan fingerprint density at radius 1 is 0.933 bits per heavy atom. The van der Waals surface area contributed by atoms with Gasteiger partial charge in [-0.25, -0.2) is 0 Å². The number of amides is 1. The molecule has 5 heteroatoms. The third-order valence-electron chi connectivity index (χ3n) is 4.87. The highest BCUT2D eigenvalue weighted by molar-refractivity contribution is 5.92. The number of anilines is 1. The molecule has 0 unspecified atom stereocenters. The number of hydrogen-bond donors (Lipinski definition) is 1. The van der Waals surface area contributed by atoms with Gasteiger partial charge in [0, 0.05) is 18.8 Å². The molecule has 0 aliphatic carbocycles. The lowest BCUT2D eigenvalue weighted by molar-refractivity contribution is -0.117. The molecule has 5 nitrogen and oxygen atoms in total. The van der Waals surface area contributed by atoms with Gasteiger partial charge in [0.2, 0.25) is 5.91 Å². The van der Waals surface area contributed by atoms with Gasteiger partial charge in [-0.15, -0.1) is 0 Å². The second-order valence-electron chi connectivity index (χ2n) is 7.46. The summed E-state index contributed by atoms with van der Waals surface area (Å²) in [5.74, 6) is 0.734. The van der Waals surface area contributed by atoms with E-state index >= 15 is 0 Å². The lowest BCUT2D eigenvalue weighted by Gasteiger charge is -2.21. The average molecular weight is 402 g/mol. The first-order valence-corrected chi connectivity index (χ1v) is 10.2. The van der Waals surface area contributed by atoms with Crippen LogP contribution in [0.4, 0.5) is 5.69 Å². The molecule has 3 aromatic carbocycles. The quantitative estimate of drug-likeness (QED) is 0.519. The average Bonchev–Trinajstić information content (AvgIpc) is 3.59. The summed E-state index contributed by atoms with van der Waals surface area (Å²) in [6.45, 7) is 3.09. The van der Waals surface area contributed by atoms with Crippen molar-refractivity contribution >= 4 is 11.6 Å². The van der Waals surface area contributed by atoms with E-state index in [9.17, 15) is 4.79 Å². The molecule has 1 amide bonds. The van der Waals surface area contributed by atoms with Gasteiger partial charge in [0.1, 0.15) is 12.4 Å². The number of carbonyl (C=O) groups excluding carboxylic acids is 1. The predicted octanol–water partition coefficient (Wildman–Crippen LogP) is 4.11. The van der Waals surface area contributed by atoms with Crippen molar-refractivity contribution in [2.45, 2.75) is 19.3 Å². The Bertz CT molecular complexity index is 926. The summed E-state index contributed by atoms with van der Waals surface area (Å²) in [6, 6.07) is 27.7. The van der Waals surface area contributed by atoms with Gasteiger partial charge in [0.15, 0.2) is 0 Å². The maximum absolute atomic E-state index is 12.6. The van der Waals surface area contributed by atoms with E-state index in [2.05, 4.69) is 22.3 Å². The summed E-state index contributed by atoms with van der Waals surface area (Å²) in [7, 11) is 0. The number of nitrogens with one attached hydrogen (secondary N) is 1. The number of hydrogen-bond acceptors (Lipinski definition) is 4. The van der Waals surface area contributed by atoms with E-state index in [1.54, 1.807) is 0 Å². The lowest BCUT2D eigenvalue weighted by Crippen LogP contribution is -2.35. The van der Waals surface area contributed by atoms with Gasteiger partial charge in [-0.1, -0.05) is 60.7 Å². The number of carbonyl (C=O) groups is 1. The SMILES string of the molecule is O=C(CN(Cc1ccccc1)C[C@H]1CO1)Nc1ccc(OCc2ccccc2)cc1. The summed E-state index contributed by atoms with van der Waals surface area (Å²) in [5.41, 5.74) is 3.06. The first-order valence-electron chi connectivity index (χ1n) is 10.2. The molecule has 30 heavy (non-hydrogen) atoms. The van der Waals surface area contributed by atoms with Gasteiger partial charge in [-0.2, -0.15) is 0 Å². The van der Waals surface area contributed by atoms with E-state index in [4.69, 9.17) is 9.47 Å². The maximum atomic E-state index is 12.6. The number of ether oxygens (including phenoxy) is 2. The Labute approximate surface area is 177 Å². The van der Waals surface area contributed by atoms with Crippen LogP contribution in [0.3, 0.4) is 0 Å². The normalized spacial score (nSPS) is 15.0. The van der Waals surface area contributed by atoms with Crippen LogP contribution >= 0.6 is 0 Å². The molecule has 1 saturated heterocycles. The zero-order valence-electron chi connectivity index (χ0n) is 16.9. The van der Waals surface area contributed by atoms with Crippen molar-refractivity contribution in [2.24, 2.45) is 0 Å². The van der Waals surface area contributed by atoms with Crippen LogP contribution in [0.1, 0.15) is 11.1 Å². The zero-order valence-corrected chi connectivity index (χ0v) is 16.9. The van der Waals surface area contributed by atoms with Crippen molar-refractivity contribution in [3.63, 3.8) is 0 Å². The van der Waals surface area contributed by atoms with Crippen molar-refractivity contribution in [2.75, 3.05) is 25.0 Å². The van der Waals surface area contributed by atoms with Gasteiger partial charge in [-0.05, 0) is 35.4 Å². The second kappa shape index (κ2) is 10.1. The molecule has 1 N–H and O–H groups in total. The van der Waals surface area contributed by atoms with E-state index in [1.165, 1.54) is 5.56 Å². The highest BCUT2D eigenvalue weighted by Crippen LogP contribution is 2.18. The zero-order chi connectivity index (χ0) is 20.6. The molecule has 1 atom stereocenters. The first kappa shape index (κ1) is 20.1. The van der Waals surface area contributed by atoms with E-state index in [0.29, 0.717) is 13.2 Å². The third-order valence-corrected chi connectivity index (χ3v) is 4.87. The van der Waals surface area contributed by atoms with Gasteiger partial charge in [0.25, 0.3) is 0 Å². The van der Waals surface area contributed by atoms with Gasteiger partial charge in [0.05, 0.1) is 19.3 Å². The minimum atomic E-state index is -0.0375. The Kier molecular flexibility index (Phi) is 6.75. The molecular weight excluding hydrogens is 376 g/mol. The van der Waals surface area contributed by atoms with Crippen molar-refractivity contribution in [3.8, 4) is 5.75 Å². The first-order chi connectivity index (χ1) is 14.7. The second-order valence-corrected chi connectivity index (χ2v) is 7.46. The minimum absolute atomic E-state index is 0.0375. The summed E-state index contributed by atoms with van der Waals surface area (Å²) in [4.78, 5) is 14.7. The Balaban J connectivity index is 1.28. The molecule has 0 aromatic heterocycles. The lowest BCUT2D eigenvalue weighted by atomic mass is 10.2. The monoisotopic (exact) mass is 402 g/mol. The number of nitrogens with zero attached hydrogens (tertiary/aromatic N) is 1. The summed E-state index contributed by atoms with van der Waals surface area (Å²) in [6.07, 6.45) is 0.238. The van der Waals surface area contributed by atoms with Gasteiger partial charge < -0.3 is 14.8 Å². The van der Waals surface area contributed by atoms with Gasteiger partial charge in [-0.3, -0.25) is 9.69 Å². The minimum Gasteiger partial charge on any atom is -0.489 e. The predicted molar refractivity (Wildman–Crippen MR) is 117 cm³/mol. The fourth-order valence-corrected chi connectivity index (χ4v) is 3.27. The van der Waals surface area contributed by atoms with Crippen molar-refractivity contribution in [3.05, 3.63) is 96.1 Å². The van der Waals surface area contributed by atoms with Crippen LogP contribution in [0, 0.1) is 0 Å². The summed E-state index contributed by atoms with van der Waals surface area (Å²) < 4.78 is 11.2. The Morgan fingerprint density at radius 2 is 1.57 bits per heavy atom. The van der Waals surface area contributed by atoms with Crippen LogP contribution in [0.15, 0.2) is 84.9 Å². The molecule has 1 fully saturated rings. The summed E-state index contributed by atoms with van der Waals surface area (Å²) in [5, 5.41) is 2.98. The molecule has 0 saturated carbocycles. The third kappa shape index (κ3) is 6.44. The molecule has 4 rings (SSSR count). The van der Waals surface area contributed by atoms with Crippen LogP contribution in [-0.4, -0.2) is 36.6 Å². The van der Waals surface area contributed by atoms with E-state index in [0.717, 1.165) is 36.7 Å². The number of rotatable bonds is 10. The van der Waals surface area contributed by atoms with E-state index in [1.807, 2.05) is 72.8 Å². The highest BCUT2D eigenvalue weighted by Gasteiger charge is 2.26. The molecule has 1 aliphatic heterocycles. The molecule has 1 aliphatic rings. The fraction of sp³-hybridized carbons (Fsp3) is 0.240.